The molecular weight excluding hydrogens is 406 g/mol. The van der Waals surface area contributed by atoms with Gasteiger partial charge in [-0.2, -0.15) is 0 Å². The van der Waals surface area contributed by atoms with Gasteiger partial charge in [0.2, 0.25) is 5.91 Å². The Bertz CT molecular complexity index is 768. The van der Waals surface area contributed by atoms with Gasteiger partial charge in [-0.05, 0) is 54.4 Å². The molecule has 0 bridgehead atoms. The zero-order valence-corrected chi connectivity index (χ0v) is 16.0. The Balaban J connectivity index is 1.93. The number of anilines is 1. The number of halogens is 1. The Morgan fingerprint density at radius 3 is 2.52 bits per heavy atom. The molecule has 0 saturated carbocycles. The van der Waals surface area contributed by atoms with Gasteiger partial charge in [0.25, 0.3) is 0 Å². The summed E-state index contributed by atoms with van der Waals surface area (Å²) in [4.78, 5) is 23.2. The van der Waals surface area contributed by atoms with E-state index in [0.29, 0.717) is 24.2 Å². The highest BCUT2D eigenvalue weighted by Gasteiger charge is 2.12. The lowest BCUT2D eigenvalue weighted by Gasteiger charge is -2.17. The molecule has 0 aliphatic carbocycles. The van der Waals surface area contributed by atoms with Crippen LogP contribution in [0.15, 0.2) is 46.9 Å². The van der Waals surface area contributed by atoms with Gasteiger partial charge in [-0.15, -0.1) is 0 Å². The third kappa shape index (κ3) is 5.14. The lowest BCUT2D eigenvalue weighted by molar-refractivity contribution is 0.100. The average Bonchev–Trinajstić information content (AvgIpc) is 2.61. The predicted molar refractivity (Wildman–Crippen MR) is 104 cm³/mol. The van der Waals surface area contributed by atoms with Crippen molar-refractivity contribution >= 4 is 46.4 Å². The summed E-state index contributed by atoms with van der Waals surface area (Å²) in [5.41, 5.74) is 7.07. The Kier molecular flexibility index (Phi) is 6.72. The number of nitrogens with zero attached hydrogens (tertiary/aromatic N) is 1. The van der Waals surface area contributed by atoms with Gasteiger partial charge < -0.3 is 15.8 Å². The van der Waals surface area contributed by atoms with Crippen LogP contribution in [0.1, 0.15) is 15.9 Å². The molecule has 132 valence electrons. The number of carbonyl (C=O) groups excluding carboxylic acids is 2. The van der Waals surface area contributed by atoms with Crippen molar-refractivity contribution < 1.29 is 14.3 Å². The van der Waals surface area contributed by atoms with Crippen LogP contribution in [0.3, 0.4) is 0 Å². The Morgan fingerprint density at radius 1 is 1.24 bits per heavy atom. The summed E-state index contributed by atoms with van der Waals surface area (Å²) in [6, 6.07) is 11.6. The largest absolute Gasteiger partial charge is 0.496 e. The molecule has 0 aliphatic rings. The first-order valence-electron chi connectivity index (χ1n) is 7.41. The first kappa shape index (κ1) is 19.1. The molecule has 25 heavy (non-hydrogen) atoms. The second-order valence-electron chi connectivity index (χ2n) is 5.16. The van der Waals surface area contributed by atoms with Crippen molar-refractivity contribution in [3.63, 3.8) is 0 Å². The molecule has 2 rings (SSSR count). The van der Waals surface area contributed by atoms with Gasteiger partial charge in [-0.1, -0.05) is 28.7 Å². The molecule has 2 aromatic rings. The molecule has 0 spiro atoms. The van der Waals surface area contributed by atoms with Crippen LogP contribution < -0.4 is 20.1 Å². The summed E-state index contributed by atoms with van der Waals surface area (Å²) < 4.78 is 7.42. The fourth-order valence-corrected chi connectivity index (χ4v) is 2.82. The molecule has 0 radical (unpaired) electrons. The van der Waals surface area contributed by atoms with Gasteiger partial charge in [-0.3, -0.25) is 4.79 Å². The Morgan fingerprint density at radius 2 is 1.92 bits per heavy atom. The Labute approximate surface area is 160 Å². The molecule has 0 heterocycles. The second-order valence-corrected chi connectivity index (χ2v) is 6.48. The highest BCUT2D eigenvalue weighted by Crippen LogP contribution is 2.23. The van der Waals surface area contributed by atoms with Gasteiger partial charge in [0.05, 0.1) is 12.8 Å². The van der Waals surface area contributed by atoms with Crippen LogP contribution in [0.5, 0.6) is 5.75 Å². The third-order valence-corrected chi connectivity index (χ3v) is 4.41. The van der Waals surface area contributed by atoms with E-state index in [4.69, 9.17) is 10.5 Å². The maximum atomic E-state index is 12.2. The number of urea groups is 1. The van der Waals surface area contributed by atoms with Crippen LogP contribution in [-0.2, 0) is 6.42 Å². The number of thiol groups is 1. The number of nitrogens with one attached hydrogen (secondary N) is 1. The zero-order chi connectivity index (χ0) is 18.4. The Hall–Kier alpha value is -2.19. The lowest BCUT2D eigenvalue weighted by Crippen LogP contribution is -2.35. The molecule has 0 saturated heterocycles. The second kappa shape index (κ2) is 8.77. The van der Waals surface area contributed by atoms with Crippen LogP contribution in [0.2, 0.25) is 0 Å². The molecule has 0 atom stereocenters. The average molecular weight is 424 g/mol. The molecular formula is C17H18BrN3O3S. The summed E-state index contributed by atoms with van der Waals surface area (Å²) in [5, 5.41) is 2.79. The van der Waals surface area contributed by atoms with Gasteiger partial charge in [0.15, 0.2) is 0 Å². The van der Waals surface area contributed by atoms with E-state index in [9.17, 15) is 9.59 Å². The van der Waals surface area contributed by atoms with Crippen molar-refractivity contribution in [3.8, 4) is 5.75 Å². The van der Waals surface area contributed by atoms with E-state index in [1.165, 1.54) is 4.31 Å². The van der Waals surface area contributed by atoms with Crippen molar-refractivity contribution in [3.05, 3.63) is 58.1 Å². The smallest absolute Gasteiger partial charge is 0.331 e. The summed E-state index contributed by atoms with van der Waals surface area (Å²) in [7, 11) is 1.61. The minimum absolute atomic E-state index is 0.368. The molecule has 0 fully saturated rings. The third-order valence-electron chi connectivity index (χ3n) is 3.50. The molecule has 0 aromatic heterocycles. The van der Waals surface area contributed by atoms with E-state index in [1.54, 1.807) is 31.4 Å². The fourth-order valence-electron chi connectivity index (χ4n) is 2.21. The van der Waals surface area contributed by atoms with E-state index in [0.717, 1.165) is 15.8 Å². The normalized spacial score (nSPS) is 10.2. The van der Waals surface area contributed by atoms with Crippen molar-refractivity contribution in [2.75, 3.05) is 18.0 Å². The van der Waals surface area contributed by atoms with Crippen molar-refractivity contribution in [2.45, 2.75) is 6.42 Å². The number of methoxy groups -OCH3 is 1. The number of hydrogen-bond acceptors (Lipinski definition) is 4. The summed E-state index contributed by atoms with van der Waals surface area (Å²) in [5.74, 6) is 0.243. The molecule has 2 aromatic carbocycles. The van der Waals surface area contributed by atoms with Gasteiger partial charge >= 0.3 is 6.03 Å². The standard InChI is InChI=1S/C17H18BrN3O3S/c1-24-15-7-4-13(18)10-12(15)8-9-20-17(23)21(25)14-5-2-11(3-6-14)16(19)22/h2-7,10,25H,8-9H2,1H3,(H2,19,22)(H,20,23). The highest BCUT2D eigenvalue weighted by atomic mass is 79.9. The van der Waals surface area contributed by atoms with Gasteiger partial charge in [0, 0.05) is 16.6 Å². The van der Waals surface area contributed by atoms with Crippen LogP contribution in [0, 0.1) is 0 Å². The van der Waals surface area contributed by atoms with Crippen molar-refractivity contribution in [2.24, 2.45) is 5.73 Å². The first-order valence-corrected chi connectivity index (χ1v) is 8.60. The molecule has 0 aliphatic heterocycles. The first-order chi connectivity index (χ1) is 11.9. The predicted octanol–water partition coefficient (Wildman–Crippen LogP) is 3.16. The van der Waals surface area contributed by atoms with Gasteiger partial charge in [-0.25, -0.2) is 9.10 Å². The number of benzene rings is 2. The number of nitrogens with two attached hydrogens (primary N) is 1. The van der Waals surface area contributed by atoms with E-state index >= 15 is 0 Å². The van der Waals surface area contributed by atoms with Crippen LogP contribution in [0.4, 0.5) is 10.5 Å². The quantitative estimate of drug-likeness (QED) is 0.623. The number of primary amides is 1. The van der Waals surface area contributed by atoms with E-state index in [-0.39, 0.29) is 6.03 Å². The van der Waals surface area contributed by atoms with E-state index in [1.807, 2.05) is 18.2 Å². The van der Waals surface area contributed by atoms with Crippen LogP contribution in [0.25, 0.3) is 0 Å². The zero-order valence-electron chi connectivity index (χ0n) is 13.5. The van der Waals surface area contributed by atoms with Crippen molar-refractivity contribution in [1.29, 1.82) is 0 Å². The molecule has 3 amide bonds. The number of hydrogen-bond donors (Lipinski definition) is 3. The van der Waals surface area contributed by atoms with Gasteiger partial charge in [0.1, 0.15) is 5.75 Å². The van der Waals surface area contributed by atoms with E-state index < -0.39 is 5.91 Å². The molecule has 8 heteroatoms. The fraction of sp³-hybridized carbons (Fsp3) is 0.176. The van der Waals surface area contributed by atoms with Crippen molar-refractivity contribution in [1.82, 2.24) is 5.32 Å². The monoisotopic (exact) mass is 423 g/mol. The number of rotatable bonds is 6. The van der Waals surface area contributed by atoms with E-state index in [2.05, 4.69) is 34.1 Å². The maximum Gasteiger partial charge on any atom is 0.331 e. The van der Waals surface area contributed by atoms with Crippen LogP contribution >= 0.6 is 28.7 Å². The molecule has 6 nitrogen and oxygen atoms in total. The molecule has 0 unspecified atom stereocenters. The number of ether oxygens (including phenoxy) is 1. The SMILES string of the molecule is COc1ccc(Br)cc1CCNC(=O)N(S)c1ccc(C(N)=O)cc1. The highest BCUT2D eigenvalue weighted by molar-refractivity contribution is 9.10. The van der Waals surface area contributed by atoms with Crippen LogP contribution in [-0.4, -0.2) is 25.6 Å². The maximum absolute atomic E-state index is 12.2. The summed E-state index contributed by atoms with van der Waals surface area (Å²) in [6.07, 6.45) is 0.608. The summed E-state index contributed by atoms with van der Waals surface area (Å²) in [6.45, 7) is 0.419. The minimum atomic E-state index is -0.523. The minimum Gasteiger partial charge on any atom is -0.496 e. The lowest BCUT2D eigenvalue weighted by atomic mass is 10.1. The number of amides is 3. The summed E-state index contributed by atoms with van der Waals surface area (Å²) >= 11 is 7.61. The molecule has 3 N–H and O–H groups in total. The topological polar surface area (TPSA) is 84.7 Å². The number of carbonyl (C=O) groups is 2.